The van der Waals surface area contributed by atoms with E-state index in [0.29, 0.717) is 11.5 Å². The Labute approximate surface area is 163 Å². The summed E-state index contributed by atoms with van der Waals surface area (Å²) in [4.78, 5) is 16.5. The molecular weight excluding hydrogens is 356 g/mol. The molecule has 2 aromatic rings. The molecule has 138 valence electrons. The summed E-state index contributed by atoms with van der Waals surface area (Å²) in [7, 11) is 1.67. The number of carbonyl (C=O) groups excluding carboxylic acids is 1. The van der Waals surface area contributed by atoms with E-state index in [1.54, 1.807) is 18.4 Å². The molecule has 2 heterocycles. The first kappa shape index (κ1) is 17.7. The average Bonchev–Trinajstić information content (AvgIpc) is 3.34. The molecule has 1 aromatic carbocycles. The van der Waals surface area contributed by atoms with E-state index >= 15 is 0 Å². The van der Waals surface area contributed by atoms with E-state index in [1.807, 2.05) is 32.0 Å². The predicted molar refractivity (Wildman–Crippen MR) is 106 cm³/mol. The van der Waals surface area contributed by atoms with Crippen molar-refractivity contribution in [3.63, 3.8) is 0 Å². The molecule has 0 spiro atoms. The van der Waals surface area contributed by atoms with E-state index < -0.39 is 5.54 Å². The van der Waals surface area contributed by atoms with Gasteiger partial charge in [0.15, 0.2) is 5.96 Å². The molecule has 2 aliphatic rings. The Bertz CT molecular complexity index is 984. The van der Waals surface area contributed by atoms with Crippen molar-refractivity contribution in [1.29, 1.82) is 10.7 Å². The first-order valence-corrected chi connectivity index (χ1v) is 9.92. The molecule has 4 rings (SSSR count). The molecule has 1 amide bonds. The molecule has 1 aromatic heterocycles. The number of aryl methyl sites for hydroxylation is 1. The van der Waals surface area contributed by atoms with Gasteiger partial charge in [0, 0.05) is 16.8 Å². The smallest absolute Gasteiger partial charge is 0.235 e. The number of hydrogen-bond acceptors (Lipinski definition) is 4. The summed E-state index contributed by atoms with van der Waals surface area (Å²) in [5, 5.41) is 20.7. The van der Waals surface area contributed by atoms with Gasteiger partial charge >= 0.3 is 0 Å². The van der Waals surface area contributed by atoms with Crippen LogP contribution in [-0.2, 0) is 10.3 Å². The largest absolute Gasteiger partial charge is 0.345 e. The van der Waals surface area contributed by atoms with Crippen LogP contribution in [0.5, 0.6) is 0 Å². The lowest BCUT2D eigenvalue weighted by molar-refractivity contribution is -0.136. The van der Waals surface area contributed by atoms with E-state index in [1.165, 1.54) is 4.90 Å². The molecule has 2 N–H and O–H groups in total. The second kappa shape index (κ2) is 6.21. The number of hydrogen-bond donors (Lipinski definition) is 2. The summed E-state index contributed by atoms with van der Waals surface area (Å²) in [5.41, 5.74) is 2.23. The molecular formula is C21H22N4OS. The Morgan fingerprint density at radius 3 is 2.74 bits per heavy atom. The first-order chi connectivity index (χ1) is 12.8. The van der Waals surface area contributed by atoms with E-state index in [4.69, 9.17) is 5.41 Å². The highest BCUT2D eigenvalue weighted by atomic mass is 32.1. The maximum atomic E-state index is 12.9. The van der Waals surface area contributed by atoms with Crippen LogP contribution in [-0.4, -0.2) is 23.8 Å². The predicted octanol–water partition coefficient (Wildman–Crippen LogP) is 3.83. The van der Waals surface area contributed by atoms with Gasteiger partial charge in [-0.25, -0.2) is 0 Å². The van der Waals surface area contributed by atoms with Crippen LogP contribution in [0.25, 0.3) is 10.4 Å². The third-order valence-electron chi connectivity index (χ3n) is 5.78. The molecule has 0 radical (unpaired) electrons. The molecule has 5 nitrogen and oxygen atoms in total. The summed E-state index contributed by atoms with van der Waals surface area (Å²) in [6.45, 7) is 4.08. The Kier molecular flexibility index (Phi) is 4.08. The highest BCUT2D eigenvalue weighted by molar-refractivity contribution is 7.15. The minimum atomic E-state index is -0.578. The summed E-state index contributed by atoms with van der Waals surface area (Å²) in [5.74, 6) is 0.396. The highest BCUT2D eigenvalue weighted by Gasteiger charge is 2.54. The fourth-order valence-corrected chi connectivity index (χ4v) is 5.24. The molecule has 6 heteroatoms. The number of rotatable bonds is 3. The SMILES string of the molecule is Cc1ccc(C#N)cc1-c1ccc([C@@]2(C)NC(=N)N(C)C(=O)[C@H]2C2CC2)s1. The van der Waals surface area contributed by atoms with Crippen molar-refractivity contribution >= 4 is 23.2 Å². The highest BCUT2D eigenvalue weighted by Crippen LogP contribution is 2.50. The topological polar surface area (TPSA) is 80.0 Å². The molecule has 1 aliphatic carbocycles. The van der Waals surface area contributed by atoms with Crippen molar-refractivity contribution < 1.29 is 4.79 Å². The van der Waals surface area contributed by atoms with Crippen LogP contribution in [0.2, 0.25) is 0 Å². The van der Waals surface area contributed by atoms with Gasteiger partial charge in [-0.05, 0) is 68.0 Å². The summed E-state index contributed by atoms with van der Waals surface area (Å²) < 4.78 is 0. The minimum Gasteiger partial charge on any atom is -0.345 e. The molecule has 2 atom stereocenters. The van der Waals surface area contributed by atoms with Crippen LogP contribution in [0, 0.1) is 35.5 Å². The van der Waals surface area contributed by atoms with Crippen molar-refractivity contribution in [1.82, 2.24) is 10.2 Å². The van der Waals surface area contributed by atoms with Crippen molar-refractivity contribution in [2.24, 2.45) is 11.8 Å². The van der Waals surface area contributed by atoms with Crippen molar-refractivity contribution in [2.45, 2.75) is 32.2 Å². The first-order valence-electron chi connectivity index (χ1n) is 9.11. The Morgan fingerprint density at radius 2 is 2.07 bits per heavy atom. The molecule has 1 saturated heterocycles. The van der Waals surface area contributed by atoms with Crippen LogP contribution in [0.15, 0.2) is 30.3 Å². The fraction of sp³-hybridized carbons (Fsp3) is 0.381. The minimum absolute atomic E-state index is 0.0290. The number of nitriles is 1. The number of nitrogens with one attached hydrogen (secondary N) is 2. The molecule has 1 saturated carbocycles. The second-order valence-electron chi connectivity index (χ2n) is 7.69. The van der Waals surface area contributed by atoms with Gasteiger partial charge in [-0.1, -0.05) is 6.07 Å². The molecule has 0 bridgehead atoms. The van der Waals surface area contributed by atoms with Crippen molar-refractivity contribution in [3.05, 3.63) is 46.3 Å². The quantitative estimate of drug-likeness (QED) is 0.852. The van der Waals surface area contributed by atoms with E-state index in [9.17, 15) is 10.1 Å². The third-order valence-corrected chi connectivity index (χ3v) is 7.13. The van der Waals surface area contributed by atoms with Gasteiger partial charge in [0.05, 0.1) is 23.1 Å². The maximum absolute atomic E-state index is 12.9. The van der Waals surface area contributed by atoms with Crippen molar-refractivity contribution in [2.75, 3.05) is 7.05 Å². The van der Waals surface area contributed by atoms with E-state index in [-0.39, 0.29) is 17.8 Å². The second-order valence-corrected chi connectivity index (χ2v) is 8.78. The zero-order valence-corrected chi connectivity index (χ0v) is 16.5. The lowest BCUT2D eigenvalue weighted by Crippen LogP contribution is -2.64. The monoisotopic (exact) mass is 378 g/mol. The van der Waals surface area contributed by atoms with Crippen LogP contribution >= 0.6 is 11.3 Å². The Balaban J connectivity index is 1.76. The summed E-state index contributed by atoms with van der Waals surface area (Å²) in [6, 6.07) is 12.0. The van der Waals surface area contributed by atoms with Gasteiger partial charge in [-0.15, -0.1) is 11.3 Å². The maximum Gasteiger partial charge on any atom is 0.235 e. The number of guanidine groups is 1. The van der Waals surface area contributed by atoms with Crippen molar-refractivity contribution in [3.8, 4) is 16.5 Å². The summed E-state index contributed by atoms with van der Waals surface area (Å²) >= 11 is 1.64. The van der Waals surface area contributed by atoms with Crippen LogP contribution < -0.4 is 5.32 Å². The molecule has 2 fully saturated rings. The van der Waals surface area contributed by atoms with E-state index in [2.05, 4.69) is 23.5 Å². The number of thiophene rings is 1. The average molecular weight is 379 g/mol. The van der Waals surface area contributed by atoms with Crippen LogP contribution in [0.1, 0.15) is 35.8 Å². The van der Waals surface area contributed by atoms with Gasteiger partial charge in [0.2, 0.25) is 5.91 Å². The standard InChI is InChI=1S/C21H22N4OS/c1-12-4-5-13(11-22)10-15(12)16-8-9-17(27-16)21(2)18(14-6-7-14)19(26)25(3)20(23)24-21/h4-5,8-10,14,18H,6-7H2,1-3H3,(H2,23,24)/t18-,21-/m1/s1. The van der Waals surface area contributed by atoms with Gasteiger partial charge in [0.1, 0.15) is 0 Å². The number of benzene rings is 1. The number of nitrogens with zero attached hydrogens (tertiary/aromatic N) is 2. The number of amides is 1. The van der Waals surface area contributed by atoms with Gasteiger partial charge < -0.3 is 5.32 Å². The molecule has 27 heavy (non-hydrogen) atoms. The number of carbonyl (C=O) groups is 1. The molecule has 0 unspecified atom stereocenters. The van der Waals surface area contributed by atoms with Crippen LogP contribution in [0.3, 0.4) is 0 Å². The van der Waals surface area contributed by atoms with Gasteiger partial charge in [-0.2, -0.15) is 5.26 Å². The van der Waals surface area contributed by atoms with E-state index in [0.717, 1.165) is 33.7 Å². The summed E-state index contributed by atoms with van der Waals surface area (Å²) in [6.07, 6.45) is 2.13. The third kappa shape index (κ3) is 2.83. The Hall–Kier alpha value is -2.65. The lowest BCUT2D eigenvalue weighted by atomic mass is 9.78. The van der Waals surface area contributed by atoms with Crippen LogP contribution in [0.4, 0.5) is 0 Å². The lowest BCUT2D eigenvalue weighted by Gasteiger charge is -2.45. The fourth-order valence-electron chi connectivity index (χ4n) is 4.01. The zero-order valence-electron chi connectivity index (χ0n) is 15.7. The molecule has 1 aliphatic heterocycles. The van der Waals surface area contributed by atoms with Gasteiger partial charge in [-0.3, -0.25) is 15.1 Å². The zero-order chi connectivity index (χ0) is 19.3. The normalized spacial score (nSPS) is 25.3. The van der Waals surface area contributed by atoms with Gasteiger partial charge in [0.25, 0.3) is 0 Å². The Morgan fingerprint density at radius 1 is 1.33 bits per heavy atom.